The average Bonchev–Trinajstić information content (AvgIpc) is 3.55. The third-order valence-corrected chi connectivity index (χ3v) is 6.46. The summed E-state index contributed by atoms with van der Waals surface area (Å²) < 4.78 is 15.7. The number of aromatic amines is 2. The molecule has 1 saturated carbocycles. The first-order chi connectivity index (χ1) is 18.5. The molecule has 4 N–H and O–H groups in total. The first-order valence-corrected chi connectivity index (χ1v) is 12.9. The van der Waals surface area contributed by atoms with Gasteiger partial charge in [-0.15, -0.1) is 0 Å². The lowest BCUT2D eigenvalue weighted by Gasteiger charge is -2.11. The molecule has 0 radical (unpaired) electrons. The van der Waals surface area contributed by atoms with E-state index in [0.717, 1.165) is 18.4 Å². The van der Waals surface area contributed by atoms with Crippen molar-refractivity contribution in [3.63, 3.8) is 0 Å². The molecule has 0 unspecified atom stereocenters. The summed E-state index contributed by atoms with van der Waals surface area (Å²) in [5, 5.41) is 18.7. The van der Waals surface area contributed by atoms with Crippen molar-refractivity contribution in [1.82, 2.24) is 39.5 Å². The number of thioether (sulfide) groups is 1. The average molecular weight is 533 g/mol. The number of hydrogen-bond donors (Lipinski definition) is 4. The van der Waals surface area contributed by atoms with Crippen molar-refractivity contribution in [3.05, 3.63) is 75.2 Å². The van der Waals surface area contributed by atoms with Crippen molar-refractivity contribution in [1.29, 1.82) is 0 Å². The molecule has 1 aliphatic carbocycles. The normalized spacial score (nSPS) is 14.5. The number of aromatic hydroxyl groups is 1. The predicted molar refractivity (Wildman–Crippen MR) is 138 cm³/mol. The van der Waals surface area contributed by atoms with Crippen LogP contribution in [0.2, 0.25) is 0 Å². The van der Waals surface area contributed by atoms with Gasteiger partial charge in [0.2, 0.25) is 11.8 Å². The molecule has 14 heteroatoms. The monoisotopic (exact) mass is 532 g/mol. The molecule has 4 aromatic heterocycles. The van der Waals surface area contributed by atoms with Crippen molar-refractivity contribution in [2.24, 2.45) is 4.99 Å². The quantitative estimate of drug-likeness (QED) is 0.179. The zero-order valence-electron chi connectivity index (χ0n) is 20.0. The Bertz CT molecular complexity index is 1830. The van der Waals surface area contributed by atoms with Crippen LogP contribution in [-0.4, -0.2) is 56.9 Å². The van der Waals surface area contributed by atoms with E-state index in [-0.39, 0.29) is 30.0 Å². The number of nitrogens with one attached hydrogen (secondary N) is 3. The second-order valence-corrected chi connectivity index (χ2v) is 9.42. The van der Waals surface area contributed by atoms with E-state index in [1.54, 1.807) is 30.7 Å². The molecule has 0 amide bonds. The van der Waals surface area contributed by atoms with Gasteiger partial charge in [0.15, 0.2) is 10.8 Å². The Kier molecular flexibility index (Phi) is 6.07. The van der Waals surface area contributed by atoms with Gasteiger partial charge >= 0.3 is 5.69 Å². The van der Waals surface area contributed by atoms with Gasteiger partial charge in [-0.2, -0.15) is 19.6 Å². The van der Waals surface area contributed by atoms with Crippen LogP contribution in [0.1, 0.15) is 24.1 Å². The summed E-state index contributed by atoms with van der Waals surface area (Å²) in [6.45, 7) is 0.290. The Morgan fingerprint density at radius 1 is 1.24 bits per heavy atom. The Morgan fingerprint density at radius 2 is 2.05 bits per heavy atom. The lowest BCUT2D eigenvalue weighted by atomic mass is 10.0. The maximum absolute atomic E-state index is 14.2. The van der Waals surface area contributed by atoms with E-state index in [0.29, 0.717) is 38.7 Å². The fourth-order valence-corrected chi connectivity index (χ4v) is 4.18. The van der Waals surface area contributed by atoms with Gasteiger partial charge in [0.05, 0.1) is 12.2 Å². The van der Waals surface area contributed by atoms with Crippen LogP contribution in [-0.2, 0) is 6.54 Å². The highest BCUT2D eigenvalue weighted by atomic mass is 32.2. The fourth-order valence-electron chi connectivity index (χ4n) is 3.87. The van der Waals surface area contributed by atoms with Gasteiger partial charge in [0, 0.05) is 29.7 Å². The highest BCUT2D eigenvalue weighted by Crippen LogP contribution is 2.25. The van der Waals surface area contributed by atoms with Gasteiger partial charge in [-0.3, -0.25) is 4.98 Å². The number of hydrogen-bond acceptors (Lipinski definition) is 10. The van der Waals surface area contributed by atoms with Crippen LogP contribution in [0.4, 0.5) is 10.3 Å². The van der Waals surface area contributed by atoms with Gasteiger partial charge in [-0.25, -0.2) is 24.1 Å². The molecule has 0 atom stereocenters. The van der Waals surface area contributed by atoms with Crippen LogP contribution in [0.3, 0.4) is 0 Å². The van der Waals surface area contributed by atoms with Crippen LogP contribution < -0.4 is 21.8 Å². The summed E-state index contributed by atoms with van der Waals surface area (Å²) >= 11 is 1.43. The highest BCUT2D eigenvalue weighted by molar-refractivity contribution is 7.98. The van der Waals surface area contributed by atoms with Crippen LogP contribution in [0.5, 0.6) is 5.88 Å². The first kappa shape index (κ1) is 23.8. The molecule has 6 rings (SSSR count). The van der Waals surface area contributed by atoms with E-state index >= 15 is 0 Å². The minimum Gasteiger partial charge on any atom is -0.493 e. The lowest BCUT2D eigenvalue weighted by molar-refractivity contribution is 0.454. The predicted octanol–water partition coefficient (Wildman–Crippen LogP) is 1.39. The maximum atomic E-state index is 14.2. The fraction of sp³-hybridized carbons (Fsp3) is 0.208. The number of anilines is 1. The Labute approximate surface area is 217 Å². The third-order valence-electron chi connectivity index (χ3n) is 5.89. The van der Waals surface area contributed by atoms with Gasteiger partial charge in [-0.1, -0.05) is 17.8 Å². The van der Waals surface area contributed by atoms with E-state index in [1.807, 2.05) is 6.26 Å². The number of nitrogens with zero attached hydrogens (tertiary/aromatic N) is 7. The third kappa shape index (κ3) is 4.85. The summed E-state index contributed by atoms with van der Waals surface area (Å²) in [7, 11) is 0. The SMILES string of the molecule is CSc1ncc(-c2cc(F)ccc2CNc2nc(=NC3CC3)n3ncc(=Cc4[nH]c(=O)[nH]c4O)c3n2)cn1. The number of imidazole rings is 1. The molecule has 12 nitrogen and oxygen atoms in total. The van der Waals surface area contributed by atoms with Crippen molar-refractivity contribution in [2.75, 3.05) is 11.6 Å². The van der Waals surface area contributed by atoms with Gasteiger partial charge in [0.25, 0.3) is 5.62 Å². The minimum absolute atomic E-state index is 0.176. The van der Waals surface area contributed by atoms with Gasteiger partial charge in [0.1, 0.15) is 11.5 Å². The number of fused-ring (bicyclic) bond motifs is 1. The van der Waals surface area contributed by atoms with E-state index in [4.69, 9.17) is 0 Å². The molecule has 1 aromatic carbocycles. The second kappa shape index (κ2) is 9.70. The smallest absolute Gasteiger partial charge is 0.326 e. The first-order valence-electron chi connectivity index (χ1n) is 11.7. The summed E-state index contributed by atoms with van der Waals surface area (Å²) in [5.74, 6) is -0.363. The summed E-state index contributed by atoms with van der Waals surface area (Å²) in [6.07, 6.45) is 10.3. The lowest BCUT2D eigenvalue weighted by Crippen LogP contribution is -2.24. The van der Waals surface area contributed by atoms with Crippen molar-refractivity contribution < 1.29 is 9.50 Å². The van der Waals surface area contributed by atoms with E-state index in [2.05, 4.69) is 45.3 Å². The molecule has 4 heterocycles. The van der Waals surface area contributed by atoms with Crippen molar-refractivity contribution >= 4 is 29.4 Å². The Morgan fingerprint density at radius 3 is 2.76 bits per heavy atom. The van der Waals surface area contributed by atoms with Crippen LogP contribution >= 0.6 is 11.8 Å². The summed E-state index contributed by atoms with van der Waals surface area (Å²) in [6, 6.07) is 4.71. The molecule has 1 fully saturated rings. The van der Waals surface area contributed by atoms with Crippen molar-refractivity contribution in [2.45, 2.75) is 30.6 Å². The zero-order chi connectivity index (χ0) is 26.2. The van der Waals surface area contributed by atoms with Gasteiger partial charge in [-0.05, 0) is 48.4 Å². The molecule has 0 aliphatic heterocycles. The highest BCUT2D eigenvalue weighted by Gasteiger charge is 2.21. The summed E-state index contributed by atoms with van der Waals surface area (Å²) in [4.78, 5) is 38.8. The number of H-pyrrole nitrogens is 2. The van der Waals surface area contributed by atoms with Crippen LogP contribution in [0.25, 0.3) is 22.9 Å². The molecule has 38 heavy (non-hydrogen) atoms. The zero-order valence-corrected chi connectivity index (χ0v) is 20.8. The van der Waals surface area contributed by atoms with Gasteiger partial charge < -0.3 is 15.4 Å². The standard InChI is InChI=1S/C24H21FN10O2S/c1-38-24-27-9-14(10-28-24)17-7-15(25)3-2-12(17)8-26-21-32-19-13(6-18-20(36)33-23(37)31-18)11-29-35(19)22(34-21)30-16-4-5-16/h2-3,6-7,9-11,16,36H,4-5,8H2,1H3,(H,26,30,34)(H2,31,33,37). The summed E-state index contributed by atoms with van der Waals surface area (Å²) in [5.41, 5.74) is 2.62. The molecule has 5 aromatic rings. The molecule has 0 saturated heterocycles. The molecule has 1 aliphatic rings. The molecule has 192 valence electrons. The number of halogens is 1. The van der Waals surface area contributed by atoms with E-state index in [1.165, 1.54) is 28.4 Å². The maximum Gasteiger partial charge on any atom is 0.326 e. The van der Waals surface area contributed by atoms with E-state index < -0.39 is 5.69 Å². The van der Waals surface area contributed by atoms with Crippen LogP contribution in [0.15, 0.2) is 51.7 Å². The molecule has 0 spiro atoms. The van der Waals surface area contributed by atoms with Crippen molar-refractivity contribution in [3.8, 4) is 17.0 Å². The Balaban J connectivity index is 1.39. The topological polar surface area (TPSA) is 162 Å². The number of benzene rings is 1. The largest absolute Gasteiger partial charge is 0.493 e. The number of rotatable bonds is 7. The molecular weight excluding hydrogens is 511 g/mol. The minimum atomic E-state index is -0.532. The Hall–Kier alpha value is -4.59. The van der Waals surface area contributed by atoms with E-state index in [9.17, 15) is 14.3 Å². The number of aromatic nitrogens is 8. The second-order valence-electron chi connectivity index (χ2n) is 8.64. The molecular formula is C24H21FN10O2S. The molecule has 0 bridgehead atoms. The van der Waals surface area contributed by atoms with Crippen LogP contribution in [0, 0.1) is 5.82 Å².